The smallest absolute Gasteiger partial charge is 0.201 e. The van der Waals surface area contributed by atoms with Crippen LogP contribution in [-0.4, -0.2) is 75.5 Å². The Hall–Kier alpha value is -3.47. The summed E-state index contributed by atoms with van der Waals surface area (Å²) in [6, 6.07) is 21.1. The number of aromatic hydroxyl groups is 1. The molecule has 1 N–H and O–H groups in total. The molecule has 4 heterocycles. The Morgan fingerprint density at radius 1 is 0.719 bits per heavy atom. The van der Waals surface area contributed by atoms with E-state index in [9.17, 15) is 15.0 Å². The molecule has 6 bridgehead atoms. The predicted octanol–water partition coefficient (Wildman–Crippen LogP) is 11.4. The van der Waals surface area contributed by atoms with E-state index < -0.39 is 5.97 Å². The first-order chi connectivity index (χ1) is 30.1. The summed E-state index contributed by atoms with van der Waals surface area (Å²) in [5.41, 5.74) is 6.90. The zero-order valence-corrected chi connectivity index (χ0v) is 43.2. The van der Waals surface area contributed by atoms with Gasteiger partial charge in [0, 0.05) is 42.5 Å². The lowest BCUT2D eigenvalue weighted by Crippen LogP contribution is -2.52. The van der Waals surface area contributed by atoms with Gasteiger partial charge >= 0.3 is 0 Å². The van der Waals surface area contributed by atoms with Gasteiger partial charge < -0.3 is 43.2 Å². The number of hydrogen-bond acceptors (Lipinski definition) is 9. The fraction of sp³-hybridized carbons (Fsp3) is 0.519. The number of halogens is 2. The third-order valence-corrected chi connectivity index (χ3v) is 13.8. The normalized spacial score (nSPS) is 18.8. The van der Waals surface area contributed by atoms with Crippen molar-refractivity contribution in [2.45, 2.75) is 121 Å². The zero-order valence-electron chi connectivity index (χ0n) is 38.6. The van der Waals surface area contributed by atoms with Crippen LogP contribution in [0.4, 0.5) is 0 Å². The monoisotopic (exact) mass is 1100 g/mol. The number of aliphatic carboxylic acids is 1. The second-order valence-electron chi connectivity index (χ2n) is 18.1. The highest BCUT2D eigenvalue weighted by Gasteiger charge is 2.40. The molecule has 64 heavy (non-hydrogen) atoms. The maximum atomic E-state index is 11.9. The standard InChI is InChI=1S/C52H68N2O8.2HI/c1-53-27-25-39-34-48(60-5)51(57)52-50(39)42(53)30-37-21-24-44(58-3)46(32-37)61-40-22-19-36(20-23-40)31-43-41-35-47(62-52)45(59-4)33-38(41)26-29-54(43,2)28-17-15-13-11-9-7-6-8-10-12-14-16-18-49(55)56;;/h19-24,32-35,42-43H,6-18,25-31H2,1-5H3,(H-,55,56,57);2*1H. The number of benzene rings is 4. The highest BCUT2D eigenvalue weighted by atomic mass is 127. The van der Waals surface area contributed by atoms with Gasteiger partial charge in [0.05, 0.1) is 41.5 Å². The van der Waals surface area contributed by atoms with E-state index in [0.717, 1.165) is 85.1 Å². The minimum Gasteiger partial charge on any atom is -0.550 e. The summed E-state index contributed by atoms with van der Waals surface area (Å²) in [5.74, 6) is 3.19. The van der Waals surface area contributed by atoms with Gasteiger partial charge in [0.25, 0.3) is 0 Å². The number of carbonyl (C=O) groups excluding carboxylic acids is 1. The van der Waals surface area contributed by atoms with Gasteiger partial charge in [-0.15, -0.1) is 48.0 Å². The maximum absolute atomic E-state index is 11.9. The molecule has 350 valence electrons. The summed E-state index contributed by atoms with van der Waals surface area (Å²) < 4.78 is 32.1. The molecule has 0 aromatic heterocycles. The Bertz CT molecular complexity index is 2150. The quantitative estimate of drug-likeness (QED) is 0.0592. The minimum absolute atomic E-state index is 0. The summed E-state index contributed by atoms with van der Waals surface area (Å²) >= 11 is 0. The van der Waals surface area contributed by atoms with Gasteiger partial charge in [0.1, 0.15) is 11.8 Å². The minimum atomic E-state index is -0.934. The lowest BCUT2D eigenvalue weighted by molar-refractivity contribution is -0.941. The van der Waals surface area contributed by atoms with Crippen LogP contribution in [0, 0.1) is 0 Å². The third kappa shape index (κ3) is 12.5. The number of phenols is 1. The van der Waals surface area contributed by atoms with Crippen molar-refractivity contribution in [2.24, 2.45) is 0 Å². The molecule has 3 atom stereocenters. The van der Waals surface area contributed by atoms with E-state index in [1.54, 1.807) is 21.3 Å². The molecule has 0 saturated carbocycles. The average molecular weight is 1100 g/mol. The summed E-state index contributed by atoms with van der Waals surface area (Å²) in [6.07, 6.45) is 17.4. The number of unbranched alkanes of at least 4 members (excludes halogenated alkanes) is 11. The Kier molecular flexibility index (Phi) is 19.6. The molecule has 4 aliphatic rings. The van der Waals surface area contributed by atoms with Crippen molar-refractivity contribution in [1.82, 2.24) is 4.90 Å². The largest absolute Gasteiger partial charge is 0.550 e. The molecular weight excluding hydrogens is 1030 g/mol. The van der Waals surface area contributed by atoms with E-state index in [-0.39, 0.29) is 72.2 Å². The highest BCUT2D eigenvalue weighted by molar-refractivity contribution is 14.0. The van der Waals surface area contributed by atoms with Crippen molar-refractivity contribution in [1.29, 1.82) is 0 Å². The van der Waals surface area contributed by atoms with Crippen LogP contribution in [0.5, 0.6) is 46.0 Å². The van der Waals surface area contributed by atoms with Crippen LogP contribution in [0.15, 0.2) is 60.7 Å². The van der Waals surface area contributed by atoms with E-state index >= 15 is 0 Å². The van der Waals surface area contributed by atoms with Crippen molar-refractivity contribution in [3.63, 3.8) is 0 Å². The zero-order chi connectivity index (χ0) is 43.6. The number of likely N-dealkylation sites (N-methyl/N-ethyl adjacent to an activating group) is 2. The van der Waals surface area contributed by atoms with Gasteiger partial charge in [0.2, 0.25) is 5.75 Å². The number of hydrogen-bond donors (Lipinski definition) is 1. The lowest BCUT2D eigenvalue weighted by Gasteiger charge is -2.46. The maximum Gasteiger partial charge on any atom is 0.201 e. The van der Waals surface area contributed by atoms with Gasteiger partial charge in [0.15, 0.2) is 34.5 Å². The van der Waals surface area contributed by atoms with Crippen molar-refractivity contribution in [2.75, 3.05) is 55.1 Å². The Balaban J connectivity index is 0.00000385. The van der Waals surface area contributed by atoms with Gasteiger partial charge in [-0.25, -0.2) is 0 Å². The Morgan fingerprint density at radius 2 is 1.31 bits per heavy atom. The topological polar surface area (TPSA) is 110 Å². The number of carboxylic acids is 1. The number of methoxy groups -OCH3 is 3. The van der Waals surface area contributed by atoms with Crippen molar-refractivity contribution >= 4 is 53.9 Å². The molecule has 10 nitrogen and oxygen atoms in total. The average Bonchev–Trinajstić information content (AvgIpc) is 3.26. The fourth-order valence-electron chi connectivity index (χ4n) is 10.1. The van der Waals surface area contributed by atoms with Crippen LogP contribution < -0.4 is 28.8 Å². The molecule has 0 saturated heterocycles. The molecule has 0 radical (unpaired) electrons. The molecule has 8 rings (SSSR count). The van der Waals surface area contributed by atoms with E-state index in [1.807, 2.05) is 12.1 Å². The van der Waals surface area contributed by atoms with Gasteiger partial charge in [-0.1, -0.05) is 76.0 Å². The summed E-state index contributed by atoms with van der Waals surface area (Å²) in [5, 5.41) is 22.5. The number of carboxylic acid groups (broad SMARTS) is 1. The second-order valence-corrected chi connectivity index (χ2v) is 18.1. The molecule has 0 aliphatic carbocycles. The van der Waals surface area contributed by atoms with Crippen molar-refractivity contribution < 1.29 is 43.2 Å². The first kappa shape index (κ1) is 51.5. The molecule has 0 spiro atoms. The van der Waals surface area contributed by atoms with Crippen LogP contribution in [0.2, 0.25) is 0 Å². The number of carbonyl (C=O) groups is 1. The first-order valence-electron chi connectivity index (χ1n) is 23.1. The molecule has 4 aliphatic heterocycles. The third-order valence-electron chi connectivity index (χ3n) is 13.8. The summed E-state index contributed by atoms with van der Waals surface area (Å²) in [4.78, 5) is 12.9. The number of phenolic OH excluding ortho intramolecular Hbond substituents is 1. The molecule has 0 amide bonds. The molecule has 4 aromatic carbocycles. The Labute approximate surface area is 415 Å². The Morgan fingerprint density at radius 3 is 1.95 bits per heavy atom. The van der Waals surface area contributed by atoms with E-state index in [4.69, 9.17) is 23.7 Å². The van der Waals surface area contributed by atoms with E-state index in [1.165, 1.54) is 74.5 Å². The van der Waals surface area contributed by atoms with Crippen LogP contribution in [0.25, 0.3) is 0 Å². The van der Waals surface area contributed by atoms with Gasteiger partial charge in [-0.3, -0.25) is 4.90 Å². The first-order valence-corrected chi connectivity index (χ1v) is 23.1. The van der Waals surface area contributed by atoms with Crippen LogP contribution in [-0.2, 0) is 30.5 Å². The molecular formula is C52H70I2N2O8. The highest BCUT2D eigenvalue weighted by Crippen LogP contribution is 2.52. The SMILES string of the molecule is COc1ccc2cc1Oc1ccc(cc1)CC1c3cc(c(OC)cc3CC[N+]1(C)CCCCCCCCCCCCCCC(=O)[O-])Oc1c(O)c(OC)cc3c1C(C2)N(C)CC3.I.I. The van der Waals surface area contributed by atoms with E-state index in [0.29, 0.717) is 40.9 Å². The lowest BCUT2D eigenvalue weighted by atomic mass is 9.85. The van der Waals surface area contributed by atoms with Crippen molar-refractivity contribution in [3.8, 4) is 46.0 Å². The van der Waals surface area contributed by atoms with Crippen LogP contribution in [0.1, 0.15) is 129 Å². The second kappa shape index (κ2) is 24.3. The number of rotatable bonds is 18. The molecule has 12 heteroatoms. The van der Waals surface area contributed by atoms with Crippen LogP contribution in [0.3, 0.4) is 0 Å². The predicted molar refractivity (Wildman–Crippen MR) is 272 cm³/mol. The molecule has 4 aromatic rings. The number of ether oxygens (including phenoxy) is 5. The number of quaternary nitrogens is 1. The van der Waals surface area contributed by atoms with E-state index in [2.05, 4.69) is 67.5 Å². The van der Waals surface area contributed by atoms with Crippen molar-refractivity contribution in [3.05, 3.63) is 94.0 Å². The van der Waals surface area contributed by atoms with Gasteiger partial charge in [-0.2, -0.15) is 0 Å². The van der Waals surface area contributed by atoms with Crippen LogP contribution >= 0.6 is 48.0 Å². The van der Waals surface area contributed by atoms with Gasteiger partial charge in [-0.05, 0) is 110 Å². The molecule has 0 fully saturated rings. The summed E-state index contributed by atoms with van der Waals surface area (Å²) in [7, 11) is 9.53. The number of fused-ring (bicyclic) bond motifs is 2. The molecule has 3 unspecified atom stereocenters. The fourth-order valence-corrected chi connectivity index (χ4v) is 10.1. The number of nitrogens with zero attached hydrogens (tertiary/aromatic N) is 2. The summed E-state index contributed by atoms with van der Waals surface area (Å²) in [6.45, 7) is 2.96.